The van der Waals surface area contributed by atoms with Crippen LogP contribution in [0.3, 0.4) is 0 Å². The number of nitrogens with zero attached hydrogens (tertiary/aromatic N) is 3. The van der Waals surface area contributed by atoms with E-state index in [0.29, 0.717) is 11.3 Å². The summed E-state index contributed by atoms with van der Waals surface area (Å²) in [5.74, 6) is 0. The van der Waals surface area contributed by atoms with Crippen LogP contribution in [-0.4, -0.2) is 32.8 Å². The van der Waals surface area contributed by atoms with Crippen molar-refractivity contribution in [3.8, 4) is 0 Å². The van der Waals surface area contributed by atoms with E-state index in [-0.39, 0.29) is 0 Å². The van der Waals surface area contributed by atoms with Gasteiger partial charge in [0.2, 0.25) is 0 Å². The molecule has 0 radical (unpaired) electrons. The number of amidine groups is 1. The number of thioether (sulfide) groups is 1. The Morgan fingerprint density at radius 3 is 3.19 bits per heavy atom. The zero-order chi connectivity index (χ0) is 11.4. The number of aliphatic imine (C=N–C) groups is 1. The predicted molar refractivity (Wildman–Crippen MR) is 68.8 cm³/mol. The second-order valence-corrected chi connectivity index (χ2v) is 5.59. The Balaban J connectivity index is 1.82. The average molecular weight is 238 g/mol. The molecule has 1 saturated heterocycles. The normalized spacial score (nSPS) is 28.0. The number of nitrogens with one attached hydrogen (secondary N) is 1. The summed E-state index contributed by atoms with van der Waals surface area (Å²) in [5, 5.41) is 9.31. The molecule has 0 bridgehead atoms. The summed E-state index contributed by atoms with van der Waals surface area (Å²) in [6.07, 6.45) is 4.97. The van der Waals surface area contributed by atoms with Gasteiger partial charge in [-0.25, -0.2) is 0 Å². The van der Waals surface area contributed by atoms with E-state index >= 15 is 0 Å². The lowest BCUT2D eigenvalue weighted by molar-refractivity contribution is 0.592. The van der Waals surface area contributed by atoms with Gasteiger partial charge in [-0.2, -0.15) is 5.10 Å². The molecular formula is C11H18N4S. The third kappa shape index (κ3) is 3.27. The number of hydrogen-bond donors (Lipinski definition) is 1. The Kier molecular flexibility index (Phi) is 3.88. The van der Waals surface area contributed by atoms with Crippen molar-refractivity contribution in [2.24, 2.45) is 4.99 Å². The Bertz CT molecular complexity index is 335. The third-order valence-electron chi connectivity index (χ3n) is 2.51. The molecular weight excluding hydrogens is 220 g/mol. The second-order valence-electron chi connectivity index (χ2n) is 4.17. The minimum Gasteiger partial charge on any atom is -0.362 e. The molecule has 5 heteroatoms. The van der Waals surface area contributed by atoms with E-state index in [9.17, 15) is 0 Å². The maximum atomic E-state index is 4.57. The fourth-order valence-electron chi connectivity index (χ4n) is 1.81. The summed E-state index contributed by atoms with van der Waals surface area (Å²) in [5.41, 5.74) is 0. The van der Waals surface area contributed by atoms with Crippen molar-refractivity contribution in [2.75, 3.05) is 6.54 Å². The Morgan fingerprint density at radius 2 is 2.50 bits per heavy atom. The van der Waals surface area contributed by atoms with E-state index in [1.54, 1.807) is 6.20 Å². The van der Waals surface area contributed by atoms with Crippen molar-refractivity contribution >= 4 is 16.9 Å². The fourth-order valence-corrected chi connectivity index (χ4v) is 3.01. The van der Waals surface area contributed by atoms with Gasteiger partial charge in [0.05, 0.1) is 13.1 Å². The van der Waals surface area contributed by atoms with Gasteiger partial charge in [-0.3, -0.25) is 9.67 Å². The standard InChI is InChI=1S/C11H18N4S/c1-9-8-10(2)16-11(14-9)12-5-7-15-6-3-4-13-15/h3-4,6,9-10H,5,7-8H2,1-2H3,(H,12,14). The van der Waals surface area contributed by atoms with Crippen LogP contribution >= 0.6 is 11.8 Å². The first-order valence-corrected chi connectivity index (χ1v) is 6.57. The predicted octanol–water partition coefficient (Wildman–Crippen LogP) is 1.74. The molecule has 1 aliphatic rings. The molecule has 2 unspecified atom stereocenters. The monoisotopic (exact) mass is 238 g/mol. The van der Waals surface area contributed by atoms with Gasteiger partial charge in [-0.1, -0.05) is 18.7 Å². The molecule has 0 aliphatic carbocycles. The van der Waals surface area contributed by atoms with Gasteiger partial charge in [-0.05, 0) is 19.4 Å². The minimum atomic E-state index is 0.541. The molecule has 1 aromatic rings. The van der Waals surface area contributed by atoms with Gasteiger partial charge in [-0.15, -0.1) is 0 Å². The summed E-state index contributed by atoms with van der Waals surface area (Å²) < 4.78 is 1.91. The quantitative estimate of drug-likeness (QED) is 0.872. The topological polar surface area (TPSA) is 42.2 Å². The van der Waals surface area contributed by atoms with E-state index < -0.39 is 0 Å². The molecule has 16 heavy (non-hydrogen) atoms. The van der Waals surface area contributed by atoms with Gasteiger partial charge in [0.1, 0.15) is 0 Å². The molecule has 88 valence electrons. The van der Waals surface area contributed by atoms with E-state index in [4.69, 9.17) is 0 Å². The molecule has 4 nitrogen and oxygen atoms in total. The summed E-state index contributed by atoms with van der Waals surface area (Å²) in [6, 6.07) is 2.48. The highest BCUT2D eigenvalue weighted by Gasteiger charge is 2.19. The van der Waals surface area contributed by atoms with E-state index in [1.165, 1.54) is 6.42 Å². The van der Waals surface area contributed by atoms with Crippen LogP contribution in [0, 0.1) is 0 Å². The zero-order valence-electron chi connectivity index (χ0n) is 9.76. The SMILES string of the molecule is CC1CC(C)SC(=NCCn2cccn2)N1. The fraction of sp³-hybridized carbons (Fsp3) is 0.636. The highest BCUT2D eigenvalue weighted by atomic mass is 32.2. The van der Waals surface area contributed by atoms with Crippen LogP contribution in [0.1, 0.15) is 20.3 Å². The summed E-state index contributed by atoms with van der Waals surface area (Å²) >= 11 is 1.84. The number of rotatable bonds is 3. The van der Waals surface area contributed by atoms with E-state index in [2.05, 4.69) is 29.3 Å². The van der Waals surface area contributed by atoms with Crippen LogP contribution in [0.15, 0.2) is 23.5 Å². The molecule has 1 aromatic heterocycles. The molecule has 2 atom stereocenters. The minimum absolute atomic E-state index is 0.541. The van der Waals surface area contributed by atoms with Gasteiger partial charge >= 0.3 is 0 Å². The van der Waals surface area contributed by atoms with Gasteiger partial charge in [0.25, 0.3) is 0 Å². The van der Waals surface area contributed by atoms with Crippen molar-refractivity contribution in [1.29, 1.82) is 0 Å². The number of hydrogen-bond acceptors (Lipinski definition) is 3. The first-order chi connectivity index (χ1) is 7.74. The van der Waals surface area contributed by atoms with Gasteiger partial charge in [0, 0.05) is 23.7 Å². The molecule has 1 N–H and O–H groups in total. The largest absolute Gasteiger partial charge is 0.362 e. The van der Waals surface area contributed by atoms with E-state index in [1.807, 2.05) is 28.7 Å². The summed E-state index contributed by atoms with van der Waals surface area (Å²) in [4.78, 5) is 4.57. The highest BCUT2D eigenvalue weighted by Crippen LogP contribution is 2.21. The van der Waals surface area contributed by atoms with Gasteiger partial charge < -0.3 is 5.32 Å². The highest BCUT2D eigenvalue weighted by molar-refractivity contribution is 8.14. The molecule has 2 rings (SSSR count). The van der Waals surface area contributed by atoms with Crippen molar-refractivity contribution in [3.05, 3.63) is 18.5 Å². The van der Waals surface area contributed by atoms with Crippen LogP contribution in [0.25, 0.3) is 0 Å². The molecule has 2 heterocycles. The second kappa shape index (κ2) is 5.39. The Morgan fingerprint density at radius 1 is 1.62 bits per heavy atom. The third-order valence-corrected chi connectivity index (χ3v) is 3.58. The van der Waals surface area contributed by atoms with Crippen LogP contribution in [0.2, 0.25) is 0 Å². The van der Waals surface area contributed by atoms with Crippen molar-refractivity contribution in [2.45, 2.75) is 38.1 Å². The van der Waals surface area contributed by atoms with Crippen molar-refractivity contribution in [1.82, 2.24) is 15.1 Å². The molecule has 1 aliphatic heterocycles. The summed E-state index contributed by atoms with van der Waals surface area (Å²) in [6.45, 7) is 6.10. The van der Waals surface area contributed by atoms with Crippen molar-refractivity contribution < 1.29 is 0 Å². The van der Waals surface area contributed by atoms with Crippen molar-refractivity contribution in [3.63, 3.8) is 0 Å². The lowest BCUT2D eigenvalue weighted by Gasteiger charge is -2.26. The first kappa shape index (κ1) is 11.5. The first-order valence-electron chi connectivity index (χ1n) is 5.69. The van der Waals surface area contributed by atoms with Crippen LogP contribution < -0.4 is 5.32 Å². The lowest BCUT2D eigenvalue weighted by Crippen LogP contribution is -2.38. The maximum absolute atomic E-state index is 4.57. The van der Waals surface area contributed by atoms with Crippen LogP contribution in [0.4, 0.5) is 0 Å². The smallest absolute Gasteiger partial charge is 0.157 e. The molecule has 1 fully saturated rings. The van der Waals surface area contributed by atoms with Crippen LogP contribution in [-0.2, 0) is 6.54 Å². The molecule has 0 aromatic carbocycles. The average Bonchev–Trinajstić information content (AvgIpc) is 2.69. The molecule has 0 amide bonds. The van der Waals surface area contributed by atoms with E-state index in [0.717, 1.165) is 18.3 Å². The van der Waals surface area contributed by atoms with Crippen LogP contribution in [0.5, 0.6) is 0 Å². The Hall–Kier alpha value is -0.970. The van der Waals surface area contributed by atoms with Gasteiger partial charge in [0.15, 0.2) is 5.17 Å². The number of aromatic nitrogens is 2. The summed E-state index contributed by atoms with van der Waals surface area (Å²) in [7, 11) is 0. The zero-order valence-corrected chi connectivity index (χ0v) is 10.6. The molecule has 0 spiro atoms. The molecule has 0 saturated carbocycles. The lowest BCUT2D eigenvalue weighted by atomic mass is 10.2. The maximum Gasteiger partial charge on any atom is 0.157 e. The Labute approximate surface area is 101 Å².